The summed E-state index contributed by atoms with van der Waals surface area (Å²) >= 11 is 6.14. The maximum absolute atomic E-state index is 13.9. The minimum atomic E-state index is -4.11. The second kappa shape index (κ2) is 12.3. The second-order valence-corrected chi connectivity index (χ2v) is 11.1. The van der Waals surface area contributed by atoms with Gasteiger partial charge in [0.15, 0.2) is 0 Å². The molecule has 0 spiro atoms. The van der Waals surface area contributed by atoms with Crippen molar-refractivity contribution in [2.75, 3.05) is 17.9 Å². The number of likely N-dealkylation sites (N-methyl/N-ethyl adjacent to an activating group) is 1. The predicted octanol–water partition coefficient (Wildman–Crippen LogP) is 4.71. The quantitative estimate of drug-likeness (QED) is 0.403. The van der Waals surface area contributed by atoms with Crippen LogP contribution in [0.15, 0.2) is 77.7 Å². The predicted molar refractivity (Wildman–Crippen MR) is 147 cm³/mol. The molecule has 0 heterocycles. The lowest BCUT2D eigenvalue weighted by atomic mass is 10.1. The Hall–Kier alpha value is -3.36. The summed E-state index contributed by atoms with van der Waals surface area (Å²) in [4.78, 5) is 28.2. The van der Waals surface area contributed by atoms with Gasteiger partial charge in [-0.25, -0.2) is 8.42 Å². The van der Waals surface area contributed by atoms with E-state index in [2.05, 4.69) is 5.32 Å². The Morgan fingerprint density at radius 1 is 0.973 bits per heavy atom. The highest BCUT2D eigenvalue weighted by molar-refractivity contribution is 7.92. The third-order valence-corrected chi connectivity index (χ3v) is 8.11. The number of hydrogen-bond acceptors (Lipinski definition) is 4. The van der Waals surface area contributed by atoms with Gasteiger partial charge in [0.05, 0.1) is 10.6 Å². The number of halogens is 1. The molecule has 1 N–H and O–H groups in total. The number of hydrogen-bond donors (Lipinski definition) is 1. The zero-order valence-corrected chi connectivity index (χ0v) is 23.0. The highest BCUT2D eigenvalue weighted by Crippen LogP contribution is 2.29. The molecule has 0 radical (unpaired) electrons. The standard InChI is InChI=1S/C28H32ClN3O4S/c1-5-25(28(34)30-4)31(18-22-11-9-10-20(2)16-22)27(33)19-32(26-15-14-23(29)17-21(26)3)37(35,36)24-12-7-6-8-13-24/h6-17,25H,5,18-19H2,1-4H3,(H,30,34). The first-order valence-electron chi connectivity index (χ1n) is 12.0. The van der Waals surface area contributed by atoms with Crippen molar-refractivity contribution in [2.24, 2.45) is 0 Å². The lowest BCUT2D eigenvalue weighted by Crippen LogP contribution is -2.51. The number of anilines is 1. The Balaban J connectivity index is 2.09. The Labute approximate surface area is 224 Å². The molecule has 0 aliphatic carbocycles. The van der Waals surface area contributed by atoms with E-state index in [0.717, 1.165) is 15.4 Å². The molecule has 0 aliphatic rings. The fourth-order valence-corrected chi connectivity index (χ4v) is 5.95. The van der Waals surface area contributed by atoms with Crippen molar-refractivity contribution in [1.29, 1.82) is 0 Å². The minimum absolute atomic E-state index is 0.0562. The number of sulfonamides is 1. The molecule has 3 rings (SSSR count). The van der Waals surface area contributed by atoms with Crippen LogP contribution in [0.2, 0.25) is 5.02 Å². The highest BCUT2D eigenvalue weighted by Gasteiger charge is 2.33. The molecule has 7 nitrogen and oxygen atoms in total. The molecule has 0 bridgehead atoms. The summed E-state index contributed by atoms with van der Waals surface area (Å²) in [6, 6.07) is 19.7. The molecule has 3 aromatic rings. The lowest BCUT2D eigenvalue weighted by Gasteiger charge is -2.33. The summed E-state index contributed by atoms with van der Waals surface area (Å²) in [6.07, 6.45) is 0.364. The first-order valence-corrected chi connectivity index (χ1v) is 13.8. The van der Waals surface area contributed by atoms with Crippen molar-refractivity contribution in [3.8, 4) is 0 Å². The molecule has 0 fully saturated rings. The van der Waals surface area contributed by atoms with E-state index in [1.54, 1.807) is 43.3 Å². The maximum atomic E-state index is 13.9. The fraction of sp³-hybridized carbons (Fsp3) is 0.286. The third-order valence-electron chi connectivity index (χ3n) is 6.11. The van der Waals surface area contributed by atoms with Crippen LogP contribution in [0, 0.1) is 13.8 Å². The molecule has 1 unspecified atom stereocenters. The summed E-state index contributed by atoms with van der Waals surface area (Å²) in [5, 5.41) is 3.08. The molecule has 0 saturated carbocycles. The number of aryl methyl sites for hydroxylation is 2. The first kappa shape index (κ1) is 28.2. The highest BCUT2D eigenvalue weighted by atomic mass is 35.5. The average Bonchev–Trinajstić information content (AvgIpc) is 2.87. The van der Waals surface area contributed by atoms with Gasteiger partial charge >= 0.3 is 0 Å². The molecule has 0 aromatic heterocycles. The summed E-state index contributed by atoms with van der Waals surface area (Å²) in [6.45, 7) is 5.18. The molecule has 0 aliphatic heterocycles. The van der Waals surface area contributed by atoms with Gasteiger partial charge in [0.1, 0.15) is 12.6 Å². The van der Waals surface area contributed by atoms with Crippen LogP contribution in [0.5, 0.6) is 0 Å². The lowest BCUT2D eigenvalue weighted by molar-refractivity contribution is -0.140. The molecule has 3 aromatic carbocycles. The molecule has 1 atom stereocenters. The van der Waals surface area contributed by atoms with Crippen LogP contribution in [0.25, 0.3) is 0 Å². The molecule has 37 heavy (non-hydrogen) atoms. The van der Waals surface area contributed by atoms with Crippen LogP contribution >= 0.6 is 11.6 Å². The van der Waals surface area contributed by atoms with Crippen molar-refractivity contribution >= 4 is 39.1 Å². The van der Waals surface area contributed by atoms with E-state index < -0.39 is 28.5 Å². The van der Waals surface area contributed by atoms with Crippen LogP contribution in [0.3, 0.4) is 0 Å². The number of nitrogens with zero attached hydrogens (tertiary/aromatic N) is 2. The van der Waals surface area contributed by atoms with E-state index in [1.165, 1.54) is 24.1 Å². The van der Waals surface area contributed by atoms with Crippen molar-refractivity contribution in [3.05, 3.63) is 94.5 Å². The zero-order chi connectivity index (χ0) is 27.2. The van der Waals surface area contributed by atoms with Crippen molar-refractivity contribution in [1.82, 2.24) is 10.2 Å². The van der Waals surface area contributed by atoms with Gasteiger partial charge in [-0.1, -0.05) is 66.6 Å². The number of rotatable bonds is 10. The van der Waals surface area contributed by atoms with Gasteiger partial charge in [0.25, 0.3) is 10.0 Å². The molecular formula is C28H32ClN3O4S. The monoisotopic (exact) mass is 541 g/mol. The van der Waals surface area contributed by atoms with Gasteiger partial charge in [-0.2, -0.15) is 0 Å². The van der Waals surface area contributed by atoms with Gasteiger partial charge < -0.3 is 10.2 Å². The normalized spacial score (nSPS) is 12.0. The van der Waals surface area contributed by atoms with Crippen molar-refractivity contribution in [3.63, 3.8) is 0 Å². The zero-order valence-electron chi connectivity index (χ0n) is 21.4. The van der Waals surface area contributed by atoms with E-state index in [9.17, 15) is 18.0 Å². The maximum Gasteiger partial charge on any atom is 0.264 e. The molecule has 0 saturated heterocycles. The number of amides is 2. The van der Waals surface area contributed by atoms with Crippen LogP contribution in [-0.2, 0) is 26.2 Å². The summed E-state index contributed by atoms with van der Waals surface area (Å²) in [5.74, 6) is -0.811. The van der Waals surface area contributed by atoms with Crippen LogP contribution in [-0.4, -0.2) is 44.8 Å². The van der Waals surface area contributed by atoms with Gasteiger partial charge in [0.2, 0.25) is 11.8 Å². The van der Waals surface area contributed by atoms with E-state index in [4.69, 9.17) is 11.6 Å². The van der Waals surface area contributed by atoms with Crippen LogP contribution in [0.1, 0.15) is 30.0 Å². The third kappa shape index (κ3) is 6.70. The smallest absolute Gasteiger partial charge is 0.264 e. The van der Waals surface area contributed by atoms with Crippen molar-refractivity contribution in [2.45, 2.75) is 44.7 Å². The van der Waals surface area contributed by atoms with Crippen molar-refractivity contribution < 1.29 is 18.0 Å². The van der Waals surface area contributed by atoms with E-state index in [-0.39, 0.29) is 17.3 Å². The Morgan fingerprint density at radius 3 is 2.27 bits per heavy atom. The topological polar surface area (TPSA) is 86.8 Å². The molecule has 196 valence electrons. The number of nitrogens with one attached hydrogen (secondary N) is 1. The summed E-state index contributed by atoms with van der Waals surface area (Å²) in [5.41, 5.74) is 2.80. The molecule has 9 heteroatoms. The average molecular weight is 542 g/mol. The van der Waals surface area contributed by atoms with Crippen LogP contribution in [0.4, 0.5) is 5.69 Å². The number of benzene rings is 3. The number of carbonyl (C=O) groups is 2. The largest absolute Gasteiger partial charge is 0.357 e. The minimum Gasteiger partial charge on any atom is -0.357 e. The van der Waals surface area contributed by atoms with E-state index in [1.807, 2.05) is 38.1 Å². The van der Waals surface area contributed by atoms with Gasteiger partial charge in [0, 0.05) is 18.6 Å². The molecule has 2 amide bonds. The first-order chi connectivity index (χ1) is 17.6. The Bertz CT molecular complexity index is 1360. The van der Waals surface area contributed by atoms with E-state index in [0.29, 0.717) is 22.7 Å². The van der Waals surface area contributed by atoms with Crippen LogP contribution < -0.4 is 9.62 Å². The number of carbonyl (C=O) groups excluding carboxylic acids is 2. The SMILES string of the molecule is CCC(C(=O)NC)N(Cc1cccc(C)c1)C(=O)CN(c1ccc(Cl)cc1C)S(=O)(=O)c1ccccc1. The Kier molecular flexibility index (Phi) is 9.34. The van der Waals surface area contributed by atoms with Gasteiger partial charge in [-0.05, 0) is 61.7 Å². The van der Waals surface area contributed by atoms with Gasteiger partial charge in [-0.15, -0.1) is 0 Å². The molecular weight excluding hydrogens is 510 g/mol. The van der Waals surface area contributed by atoms with E-state index >= 15 is 0 Å². The summed E-state index contributed by atoms with van der Waals surface area (Å²) in [7, 11) is -2.60. The Morgan fingerprint density at radius 2 is 1.68 bits per heavy atom. The second-order valence-electron chi connectivity index (χ2n) is 8.80. The fourth-order valence-electron chi connectivity index (χ4n) is 4.23. The summed E-state index contributed by atoms with van der Waals surface area (Å²) < 4.78 is 28.7. The van der Waals surface area contributed by atoms with Gasteiger partial charge in [-0.3, -0.25) is 13.9 Å².